The van der Waals surface area contributed by atoms with Gasteiger partial charge in [-0.05, 0) is 42.5 Å². The van der Waals surface area contributed by atoms with E-state index >= 15 is 0 Å². The third-order valence-corrected chi connectivity index (χ3v) is 3.69. The molecule has 1 atom stereocenters. The smallest absolute Gasteiger partial charge is 0.125 e. The van der Waals surface area contributed by atoms with E-state index in [4.69, 9.17) is 5.73 Å². The first-order valence-corrected chi connectivity index (χ1v) is 5.78. The Labute approximate surface area is 93.6 Å². The minimum absolute atomic E-state index is 0.0907. The maximum atomic E-state index is 13.0. The van der Waals surface area contributed by atoms with Crippen molar-refractivity contribution < 1.29 is 4.39 Å². The Morgan fingerprint density at radius 1 is 1.38 bits per heavy atom. The normalized spacial score (nSPS) is 18.6. The van der Waals surface area contributed by atoms with Crippen LogP contribution in [-0.2, 0) is 0 Å². The Balaban J connectivity index is 2.03. The number of aromatic amines is 1. The first-order chi connectivity index (χ1) is 7.75. The van der Waals surface area contributed by atoms with E-state index in [1.165, 1.54) is 31.4 Å². The van der Waals surface area contributed by atoms with Crippen LogP contribution in [0.2, 0.25) is 0 Å². The quantitative estimate of drug-likeness (QED) is 0.799. The number of aromatic nitrogens is 1. The third kappa shape index (κ3) is 1.43. The Bertz CT molecular complexity index is 514. The summed E-state index contributed by atoms with van der Waals surface area (Å²) in [7, 11) is 0. The van der Waals surface area contributed by atoms with Crippen LogP contribution in [0.1, 0.15) is 30.9 Å². The molecule has 1 unspecified atom stereocenters. The number of fused-ring (bicyclic) bond motifs is 1. The number of H-pyrrole nitrogens is 1. The fourth-order valence-electron chi connectivity index (χ4n) is 2.45. The standard InChI is InChI=1S/C13H15FN2/c14-9-4-5-10-11(7-16-12(10)6-9)13(15)8-2-1-3-8/h4-8,13,16H,1-3,15H2. The number of nitrogens with two attached hydrogens (primary N) is 1. The SMILES string of the molecule is NC(c1c[nH]c2cc(F)ccc12)C1CCC1. The van der Waals surface area contributed by atoms with Gasteiger partial charge in [-0.15, -0.1) is 0 Å². The molecule has 2 nitrogen and oxygen atoms in total. The summed E-state index contributed by atoms with van der Waals surface area (Å²) in [6, 6.07) is 4.92. The average molecular weight is 218 g/mol. The fraction of sp³-hybridized carbons (Fsp3) is 0.385. The largest absolute Gasteiger partial charge is 0.361 e. The second-order valence-electron chi connectivity index (χ2n) is 4.65. The predicted molar refractivity (Wildman–Crippen MR) is 62.5 cm³/mol. The van der Waals surface area contributed by atoms with Crippen LogP contribution in [0.3, 0.4) is 0 Å². The van der Waals surface area contributed by atoms with Gasteiger partial charge in [0.2, 0.25) is 0 Å². The molecule has 3 N–H and O–H groups in total. The van der Waals surface area contributed by atoms with Crippen LogP contribution in [0, 0.1) is 11.7 Å². The van der Waals surface area contributed by atoms with Crippen molar-refractivity contribution in [3.05, 3.63) is 35.8 Å². The Morgan fingerprint density at radius 3 is 2.88 bits per heavy atom. The van der Waals surface area contributed by atoms with Crippen molar-refractivity contribution in [1.29, 1.82) is 0 Å². The summed E-state index contributed by atoms with van der Waals surface area (Å²) in [5, 5.41) is 1.06. The van der Waals surface area contributed by atoms with Crippen molar-refractivity contribution >= 4 is 10.9 Å². The minimum Gasteiger partial charge on any atom is -0.361 e. The molecule has 0 bridgehead atoms. The lowest BCUT2D eigenvalue weighted by Crippen LogP contribution is -2.26. The highest BCUT2D eigenvalue weighted by Crippen LogP contribution is 2.38. The first kappa shape index (κ1) is 9.85. The molecule has 1 fully saturated rings. The molecule has 1 heterocycles. The summed E-state index contributed by atoms with van der Waals surface area (Å²) < 4.78 is 13.0. The van der Waals surface area contributed by atoms with E-state index in [2.05, 4.69) is 4.98 Å². The number of hydrogen-bond donors (Lipinski definition) is 2. The van der Waals surface area contributed by atoms with Crippen molar-refractivity contribution in [2.45, 2.75) is 25.3 Å². The monoisotopic (exact) mass is 218 g/mol. The van der Waals surface area contributed by atoms with E-state index in [1.54, 1.807) is 0 Å². The molecule has 1 aliphatic carbocycles. The molecular formula is C13H15FN2. The zero-order valence-electron chi connectivity index (χ0n) is 9.04. The van der Waals surface area contributed by atoms with E-state index in [0.29, 0.717) is 5.92 Å². The second kappa shape index (κ2) is 3.59. The molecule has 16 heavy (non-hydrogen) atoms. The highest BCUT2D eigenvalue weighted by Gasteiger charge is 2.27. The minimum atomic E-state index is -0.210. The van der Waals surface area contributed by atoms with Gasteiger partial charge < -0.3 is 10.7 Å². The predicted octanol–water partition coefficient (Wildman–Crippen LogP) is 3.11. The van der Waals surface area contributed by atoms with Gasteiger partial charge in [0.1, 0.15) is 5.82 Å². The molecule has 0 saturated heterocycles. The van der Waals surface area contributed by atoms with Crippen LogP contribution in [0.15, 0.2) is 24.4 Å². The van der Waals surface area contributed by atoms with Crippen molar-refractivity contribution in [2.75, 3.05) is 0 Å². The lowest BCUT2D eigenvalue weighted by Gasteiger charge is -2.31. The van der Waals surface area contributed by atoms with Crippen LogP contribution in [0.4, 0.5) is 4.39 Å². The van der Waals surface area contributed by atoms with E-state index < -0.39 is 0 Å². The molecular weight excluding hydrogens is 203 g/mol. The Kier molecular flexibility index (Phi) is 2.21. The van der Waals surface area contributed by atoms with Gasteiger partial charge in [0.15, 0.2) is 0 Å². The van der Waals surface area contributed by atoms with Gasteiger partial charge in [0.05, 0.1) is 0 Å². The van der Waals surface area contributed by atoms with Gasteiger partial charge in [-0.25, -0.2) is 4.39 Å². The highest BCUT2D eigenvalue weighted by molar-refractivity contribution is 5.83. The van der Waals surface area contributed by atoms with Gasteiger partial charge in [-0.3, -0.25) is 0 Å². The Hall–Kier alpha value is -1.35. The lowest BCUT2D eigenvalue weighted by atomic mass is 9.77. The van der Waals surface area contributed by atoms with Gasteiger partial charge in [0.25, 0.3) is 0 Å². The first-order valence-electron chi connectivity index (χ1n) is 5.78. The van der Waals surface area contributed by atoms with Crippen molar-refractivity contribution in [3.8, 4) is 0 Å². The lowest BCUT2D eigenvalue weighted by molar-refractivity contribution is 0.265. The molecule has 3 rings (SSSR count). The molecule has 0 amide bonds. The molecule has 84 valence electrons. The summed E-state index contributed by atoms with van der Waals surface area (Å²) in [6.45, 7) is 0. The molecule has 1 aromatic carbocycles. The summed E-state index contributed by atoms with van der Waals surface area (Å²) in [6.07, 6.45) is 5.65. The zero-order valence-corrected chi connectivity index (χ0v) is 9.04. The van der Waals surface area contributed by atoms with Crippen molar-refractivity contribution in [3.63, 3.8) is 0 Å². The zero-order chi connectivity index (χ0) is 11.1. The molecule has 0 radical (unpaired) electrons. The summed E-state index contributed by atoms with van der Waals surface area (Å²) >= 11 is 0. The number of hydrogen-bond acceptors (Lipinski definition) is 1. The van der Waals surface area contributed by atoms with Gasteiger partial charge >= 0.3 is 0 Å². The van der Waals surface area contributed by atoms with Crippen LogP contribution >= 0.6 is 0 Å². The highest BCUT2D eigenvalue weighted by atomic mass is 19.1. The molecule has 3 heteroatoms. The summed E-state index contributed by atoms with van der Waals surface area (Å²) in [4.78, 5) is 3.09. The van der Waals surface area contributed by atoms with E-state index in [9.17, 15) is 4.39 Å². The molecule has 2 aromatic rings. The second-order valence-corrected chi connectivity index (χ2v) is 4.65. The summed E-state index contributed by atoms with van der Waals surface area (Å²) in [5.41, 5.74) is 8.20. The Morgan fingerprint density at radius 2 is 2.19 bits per heavy atom. The number of benzene rings is 1. The molecule has 1 aliphatic rings. The van der Waals surface area contributed by atoms with Crippen LogP contribution in [0.25, 0.3) is 10.9 Å². The van der Waals surface area contributed by atoms with Crippen molar-refractivity contribution in [2.24, 2.45) is 11.7 Å². The fourth-order valence-corrected chi connectivity index (χ4v) is 2.45. The molecule has 0 aliphatic heterocycles. The number of rotatable bonds is 2. The maximum absolute atomic E-state index is 13.0. The molecule has 0 spiro atoms. The molecule has 1 aromatic heterocycles. The number of halogens is 1. The average Bonchev–Trinajstić information content (AvgIpc) is 2.57. The van der Waals surface area contributed by atoms with Gasteiger partial charge in [-0.1, -0.05) is 6.42 Å². The number of nitrogens with one attached hydrogen (secondary N) is 1. The van der Waals surface area contributed by atoms with E-state index in [0.717, 1.165) is 16.5 Å². The maximum Gasteiger partial charge on any atom is 0.125 e. The molecule has 1 saturated carbocycles. The third-order valence-electron chi connectivity index (χ3n) is 3.69. The van der Waals surface area contributed by atoms with Gasteiger partial charge in [0, 0.05) is 23.1 Å². The van der Waals surface area contributed by atoms with Crippen LogP contribution < -0.4 is 5.73 Å². The van der Waals surface area contributed by atoms with Crippen LogP contribution in [-0.4, -0.2) is 4.98 Å². The van der Waals surface area contributed by atoms with Crippen molar-refractivity contribution in [1.82, 2.24) is 4.98 Å². The van der Waals surface area contributed by atoms with Crippen LogP contribution in [0.5, 0.6) is 0 Å². The topological polar surface area (TPSA) is 41.8 Å². The van der Waals surface area contributed by atoms with E-state index in [1.807, 2.05) is 12.3 Å². The summed E-state index contributed by atoms with van der Waals surface area (Å²) in [5.74, 6) is 0.391. The van der Waals surface area contributed by atoms with E-state index in [-0.39, 0.29) is 11.9 Å². The van der Waals surface area contributed by atoms with Gasteiger partial charge in [-0.2, -0.15) is 0 Å².